The third-order valence-electron chi connectivity index (χ3n) is 6.66. The molecule has 41 heavy (non-hydrogen) atoms. The number of benzene rings is 3. The summed E-state index contributed by atoms with van der Waals surface area (Å²) in [5, 5.41) is 0.465. The van der Waals surface area contributed by atoms with Gasteiger partial charge in [0.05, 0.1) is 31.2 Å². The number of ketones is 1. The largest absolute Gasteiger partial charge is 0.465 e. The van der Waals surface area contributed by atoms with E-state index in [4.69, 9.17) is 21.1 Å². The number of methoxy groups -OCH3 is 1. The lowest BCUT2D eigenvalue weighted by atomic mass is 9.89. The van der Waals surface area contributed by atoms with Crippen LogP contribution in [-0.2, 0) is 25.5 Å². The Bertz CT molecular complexity index is 1550. The fourth-order valence-electron chi connectivity index (χ4n) is 4.66. The van der Waals surface area contributed by atoms with Gasteiger partial charge in [-0.1, -0.05) is 17.7 Å². The van der Waals surface area contributed by atoms with Gasteiger partial charge in [-0.2, -0.15) is 0 Å². The summed E-state index contributed by atoms with van der Waals surface area (Å²) in [6, 6.07) is 15.7. The van der Waals surface area contributed by atoms with Crippen molar-refractivity contribution in [3.05, 3.63) is 112 Å². The van der Waals surface area contributed by atoms with Gasteiger partial charge in [0.15, 0.2) is 5.78 Å². The van der Waals surface area contributed by atoms with E-state index < -0.39 is 29.1 Å². The molecule has 1 heterocycles. The first kappa shape index (κ1) is 30.1. The molecule has 0 bridgehead atoms. The number of hydrogen-bond acceptors (Lipinski definition) is 6. The molecule has 1 unspecified atom stereocenters. The standard InChI is InChI=1S/C30H30ClN3O6S/c1-19-5-8-25(33-12-11-32-18-33)15-27(19)29(28-20(2)13-22(14-21(28)3)30(36)39-4)40-17-26(35)16-34(41(37)38)24-9-6-23(31)7-10-24/h5-15,18,29H,16-17H2,1-4H3,(H,37,38)/t29-/m0/s1. The Hall–Kier alpha value is -3.83. The molecule has 1 N–H and O–H groups in total. The number of esters is 1. The van der Waals surface area contributed by atoms with Crippen molar-refractivity contribution >= 4 is 40.3 Å². The summed E-state index contributed by atoms with van der Waals surface area (Å²) in [6.07, 6.45) is 4.52. The molecule has 1 aromatic heterocycles. The van der Waals surface area contributed by atoms with Gasteiger partial charge in [0.25, 0.3) is 11.3 Å². The molecule has 0 spiro atoms. The van der Waals surface area contributed by atoms with Crippen LogP contribution >= 0.6 is 11.6 Å². The van der Waals surface area contributed by atoms with Gasteiger partial charge in [-0.05, 0) is 97.1 Å². The van der Waals surface area contributed by atoms with Crippen LogP contribution in [0.5, 0.6) is 0 Å². The Morgan fingerprint density at radius 1 is 1.05 bits per heavy atom. The van der Waals surface area contributed by atoms with E-state index in [2.05, 4.69) is 4.98 Å². The molecule has 4 aromatic rings. The van der Waals surface area contributed by atoms with Crippen molar-refractivity contribution in [1.29, 1.82) is 0 Å². The van der Waals surface area contributed by atoms with E-state index in [-0.39, 0.29) is 13.2 Å². The monoisotopic (exact) mass is 595 g/mol. The van der Waals surface area contributed by atoms with E-state index in [9.17, 15) is 18.4 Å². The number of hydrogen-bond donors (Lipinski definition) is 1. The molecular weight excluding hydrogens is 566 g/mol. The fraction of sp³-hybridized carbons (Fsp3) is 0.233. The average Bonchev–Trinajstić information content (AvgIpc) is 3.48. The van der Waals surface area contributed by atoms with Crippen molar-refractivity contribution in [3.8, 4) is 5.69 Å². The summed E-state index contributed by atoms with van der Waals surface area (Å²) in [7, 11) is 1.33. The van der Waals surface area contributed by atoms with Gasteiger partial charge in [-0.15, -0.1) is 0 Å². The van der Waals surface area contributed by atoms with Crippen molar-refractivity contribution in [2.45, 2.75) is 26.9 Å². The molecule has 0 saturated heterocycles. The summed E-state index contributed by atoms with van der Waals surface area (Å²) >= 11 is 3.50. The molecule has 2 atom stereocenters. The van der Waals surface area contributed by atoms with Gasteiger partial charge >= 0.3 is 5.97 Å². The molecule has 0 aliphatic heterocycles. The zero-order valence-electron chi connectivity index (χ0n) is 23.0. The van der Waals surface area contributed by atoms with Crippen LogP contribution in [0, 0.1) is 20.8 Å². The zero-order chi connectivity index (χ0) is 29.7. The summed E-state index contributed by atoms with van der Waals surface area (Å²) in [5.41, 5.74) is 5.76. The maximum Gasteiger partial charge on any atom is 0.337 e. The molecule has 0 amide bonds. The van der Waals surface area contributed by atoms with Crippen LogP contribution in [0.15, 0.2) is 73.3 Å². The Morgan fingerprint density at radius 3 is 2.32 bits per heavy atom. The van der Waals surface area contributed by atoms with Gasteiger partial charge in [-0.3, -0.25) is 13.7 Å². The smallest absolute Gasteiger partial charge is 0.337 e. The number of aryl methyl sites for hydroxylation is 3. The summed E-state index contributed by atoms with van der Waals surface area (Å²) in [6.45, 7) is 5.01. The number of halogens is 1. The predicted octanol–water partition coefficient (Wildman–Crippen LogP) is 5.56. The highest BCUT2D eigenvalue weighted by atomic mass is 35.5. The van der Waals surface area contributed by atoms with E-state index in [0.717, 1.165) is 37.8 Å². The first-order chi connectivity index (χ1) is 19.6. The van der Waals surface area contributed by atoms with Gasteiger partial charge in [0.1, 0.15) is 12.7 Å². The third-order valence-corrected chi connectivity index (χ3v) is 7.63. The molecule has 4 rings (SSSR count). The van der Waals surface area contributed by atoms with Crippen molar-refractivity contribution in [2.24, 2.45) is 0 Å². The van der Waals surface area contributed by atoms with Gasteiger partial charge in [0.2, 0.25) is 0 Å². The van der Waals surface area contributed by atoms with Crippen molar-refractivity contribution < 1.29 is 27.8 Å². The number of ether oxygens (including phenoxy) is 2. The normalized spacial score (nSPS) is 12.5. The number of imidazole rings is 1. The topological polar surface area (TPSA) is 111 Å². The second-order valence-electron chi connectivity index (χ2n) is 9.50. The fourth-order valence-corrected chi connectivity index (χ4v) is 5.34. The second-order valence-corrected chi connectivity index (χ2v) is 10.8. The molecule has 0 aliphatic rings. The highest BCUT2D eigenvalue weighted by Crippen LogP contribution is 2.35. The Labute approximate surface area is 246 Å². The lowest BCUT2D eigenvalue weighted by Gasteiger charge is -2.26. The average molecular weight is 596 g/mol. The maximum absolute atomic E-state index is 13.1. The first-order valence-corrected chi connectivity index (χ1v) is 14.1. The Balaban J connectivity index is 1.69. The summed E-state index contributed by atoms with van der Waals surface area (Å²) < 4.78 is 36.1. The van der Waals surface area contributed by atoms with E-state index in [0.29, 0.717) is 16.3 Å². The number of aromatic nitrogens is 2. The maximum atomic E-state index is 13.1. The van der Waals surface area contributed by atoms with E-state index in [1.54, 1.807) is 48.9 Å². The Morgan fingerprint density at radius 2 is 1.73 bits per heavy atom. The number of rotatable bonds is 11. The van der Waals surface area contributed by atoms with E-state index >= 15 is 0 Å². The number of carbonyl (C=O) groups is 2. The van der Waals surface area contributed by atoms with Crippen LogP contribution in [0.2, 0.25) is 5.02 Å². The molecule has 0 radical (unpaired) electrons. The highest BCUT2D eigenvalue weighted by molar-refractivity contribution is 7.80. The molecule has 0 saturated carbocycles. The second kappa shape index (κ2) is 13.2. The molecule has 214 valence electrons. The molecule has 0 fully saturated rings. The van der Waals surface area contributed by atoms with Crippen LogP contribution in [-0.4, -0.2) is 50.3 Å². The zero-order valence-corrected chi connectivity index (χ0v) is 24.6. The van der Waals surface area contributed by atoms with Crippen molar-refractivity contribution in [2.75, 3.05) is 24.6 Å². The van der Waals surface area contributed by atoms with Crippen molar-refractivity contribution in [3.63, 3.8) is 0 Å². The van der Waals surface area contributed by atoms with E-state index in [1.165, 1.54) is 7.11 Å². The number of anilines is 1. The van der Waals surface area contributed by atoms with Gasteiger partial charge < -0.3 is 14.0 Å². The molecule has 11 heteroatoms. The summed E-state index contributed by atoms with van der Waals surface area (Å²) in [4.78, 5) is 29.5. The summed E-state index contributed by atoms with van der Waals surface area (Å²) in [5.74, 6) is -0.856. The van der Waals surface area contributed by atoms with Crippen LogP contribution in [0.3, 0.4) is 0 Å². The SMILES string of the molecule is COC(=O)c1cc(C)c([C@@H](OCC(=O)CN(c2ccc(Cl)cc2)S(=O)O)c2cc(-n3ccnc3)ccc2C)c(C)c1. The van der Waals surface area contributed by atoms with Crippen LogP contribution in [0.4, 0.5) is 5.69 Å². The van der Waals surface area contributed by atoms with Crippen LogP contribution in [0.25, 0.3) is 5.69 Å². The molecular formula is C30H30ClN3O6S. The molecule has 0 aliphatic carbocycles. The number of nitrogens with zero attached hydrogens (tertiary/aromatic N) is 3. The number of carbonyl (C=O) groups excluding carboxylic acids is 2. The molecule has 9 nitrogen and oxygen atoms in total. The third kappa shape index (κ3) is 7.09. The minimum absolute atomic E-state index is 0.335. The highest BCUT2D eigenvalue weighted by Gasteiger charge is 2.25. The van der Waals surface area contributed by atoms with Crippen molar-refractivity contribution in [1.82, 2.24) is 9.55 Å². The van der Waals surface area contributed by atoms with Crippen LogP contribution in [0.1, 0.15) is 44.3 Å². The predicted molar refractivity (Wildman–Crippen MR) is 158 cm³/mol. The first-order valence-electron chi connectivity index (χ1n) is 12.6. The van der Waals surface area contributed by atoms with Gasteiger partial charge in [0, 0.05) is 23.1 Å². The quantitative estimate of drug-likeness (QED) is 0.179. The number of Topliss-reactive ketones (excluding diaryl/α,β-unsaturated/α-hetero) is 1. The van der Waals surface area contributed by atoms with Crippen LogP contribution < -0.4 is 4.31 Å². The minimum Gasteiger partial charge on any atom is -0.465 e. The lowest BCUT2D eigenvalue weighted by molar-refractivity contribution is -0.123. The lowest BCUT2D eigenvalue weighted by Crippen LogP contribution is -2.33. The van der Waals surface area contributed by atoms with E-state index in [1.807, 2.05) is 49.7 Å². The molecule has 3 aromatic carbocycles. The van der Waals surface area contributed by atoms with Gasteiger partial charge in [-0.25, -0.2) is 14.0 Å². The Kier molecular flexibility index (Phi) is 9.72. The minimum atomic E-state index is -2.45.